The van der Waals surface area contributed by atoms with Crippen LogP contribution < -0.4 is 5.32 Å². The molecule has 0 aliphatic carbocycles. The molecule has 0 atom stereocenters. The molecule has 1 aliphatic rings. The van der Waals surface area contributed by atoms with Crippen molar-refractivity contribution in [1.82, 2.24) is 5.32 Å². The Morgan fingerprint density at radius 2 is 1.78 bits per heavy atom. The number of carbonyl (C=O) groups is 1. The van der Waals surface area contributed by atoms with Gasteiger partial charge in [-0.3, -0.25) is 19.9 Å². The lowest BCUT2D eigenvalue weighted by molar-refractivity contribution is -0.384. The Kier molecular flexibility index (Phi) is 3.97. The molecule has 2 aromatic rings. The van der Waals surface area contributed by atoms with Crippen LogP contribution in [-0.2, 0) is 0 Å². The molecule has 23 heavy (non-hydrogen) atoms. The van der Waals surface area contributed by atoms with Crippen LogP contribution in [0.1, 0.15) is 15.9 Å². The first kappa shape index (κ1) is 14.6. The lowest BCUT2D eigenvalue weighted by Gasteiger charge is -2.09. The quantitative estimate of drug-likeness (QED) is 0.696. The number of carbonyl (C=O) groups excluding carboxylic acids is 1. The number of nitrogens with one attached hydrogen (secondary N) is 1. The molecule has 1 heterocycles. The average Bonchev–Trinajstić information content (AvgIpc) is 3.04. The number of hydrogen-bond acceptors (Lipinski definition) is 4. The van der Waals surface area contributed by atoms with E-state index in [4.69, 9.17) is 0 Å². The molecule has 0 spiro atoms. The number of non-ortho nitro benzene ring substituents is 1. The Morgan fingerprint density at radius 1 is 1.09 bits per heavy atom. The second-order valence-corrected chi connectivity index (χ2v) is 4.99. The average molecular weight is 307 g/mol. The van der Waals surface area contributed by atoms with Crippen molar-refractivity contribution in [2.45, 2.75) is 0 Å². The van der Waals surface area contributed by atoms with E-state index in [-0.39, 0.29) is 11.6 Å². The zero-order valence-corrected chi connectivity index (χ0v) is 12.1. The Labute approximate surface area is 132 Å². The molecule has 1 amide bonds. The maximum absolute atomic E-state index is 12.3. The van der Waals surface area contributed by atoms with Gasteiger partial charge < -0.3 is 5.32 Å². The van der Waals surface area contributed by atoms with Gasteiger partial charge in [-0.1, -0.05) is 30.3 Å². The molecule has 0 saturated carbocycles. The van der Waals surface area contributed by atoms with E-state index >= 15 is 0 Å². The number of nitro benzene ring substituents is 1. The van der Waals surface area contributed by atoms with Gasteiger partial charge in [0, 0.05) is 35.2 Å². The van der Waals surface area contributed by atoms with Gasteiger partial charge in [0.1, 0.15) is 0 Å². The summed E-state index contributed by atoms with van der Waals surface area (Å²) >= 11 is 0. The summed E-state index contributed by atoms with van der Waals surface area (Å²) in [5.74, 6) is -0.311. The zero-order valence-electron chi connectivity index (χ0n) is 12.1. The molecule has 0 unspecified atom stereocenters. The van der Waals surface area contributed by atoms with Crippen LogP contribution in [0.15, 0.2) is 65.3 Å². The van der Waals surface area contributed by atoms with Crippen molar-refractivity contribution >= 4 is 23.4 Å². The maximum Gasteiger partial charge on any atom is 0.269 e. The first-order valence-electron chi connectivity index (χ1n) is 6.99. The normalized spacial score (nSPS) is 13.2. The number of amides is 1. The third-order valence-corrected chi connectivity index (χ3v) is 3.48. The molecule has 1 aliphatic heterocycles. The summed E-state index contributed by atoms with van der Waals surface area (Å²) < 4.78 is 0. The summed E-state index contributed by atoms with van der Waals surface area (Å²) in [5, 5.41) is 13.5. The second kappa shape index (κ2) is 6.23. The van der Waals surface area contributed by atoms with Crippen molar-refractivity contribution < 1.29 is 9.72 Å². The molecule has 6 nitrogen and oxygen atoms in total. The third-order valence-electron chi connectivity index (χ3n) is 3.48. The summed E-state index contributed by atoms with van der Waals surface area (Å²) in [6.45, 7) is 0.406. The van der Waals surface area contributed by atoms with Crippen LogP contribution in [-0.4, -0.2) is 23.6 Å². The van der Waals surface area contributed by atoms with Crippen molar-refractivity contribution in [3.05, 3.63) is 81.5 Å². The van der Waals surface area contributed by atoms with E-state index in [0.29, 0.717) is 12.1 Å². The Morgan fingerprint density at radius 3 is 2.43 bits per heavy atom. The molecule has 0 radical (unpaired) electrons. The smallest absolute Gasteiger partial charge is 0.269 e. The van der Waals surface area contributed by atoms with Crippen LogP contribution in [0.5, 0.6) is 0 Å². The second-order valence-electron chi connectivity index (χ2n) is 4.99. The molecule has 114 valence electrons. The first-order valence-corrected chi connectivity index (χ1v) is 6.99. The van der Waals surface area contributed by atoms with Crippen LogP contribution in [0, 0.1) is 10.1 Å². The summed E-state index contributed by atoms with van der Waals surface area (Å²) in [5.41, 5.74) is 2.89. The number of nitrogens with zero attached hydrogens (tertiary/aromatic N) is 2. The standard InChI is InChI=1S/C17H13N3O3/c21-17(13-6-8-14(9-7-13)20(22)23)19-16-11-18-10-15(16)12-4-2-1-3-5-12/h1-10H,11H2,(H,19,21). The monoisotopic (exact) mass is 307 g/mol. The molecule has 0 aromatic heterocycles. The number of rotatable bonds is 4. The number of aliphatic imine (C=N–C) groups is 1. The van der Waals surface area contributed by atoms with E-state index in [1.165, 1.54) is 24.3 Å². The fourth-order valence-corrected chi connectivity index (χ4v) is 2.31. The van der Waals surface area contributed by atoms with Gasteiger partial charge in [0.05, 0.1) is 11.5 Å². The van der Waals surface area contributed by atoms with Gasteiger partial charge >= 0.3 is 0 Å². The summed E-state index contributed by atoms with van der Waals surface area (Å²) in [6, 6.07) is 15.2. The first-order chi connectivity index (χ1) is 11.1. The Bertz CT molecular complexity index is 809. The number of nitro groups is 1. The van der Waals surface area contributed by atoms with Crippen LogP contribution in [0.25, 0.3) is 5.57 Å². The molecule has 0 saturated heterocycles. The van der Waals surface area contributed by atoms with Gasteiger partial charge in [-0.15, -0.1) is 0 Å². The minimum absolute atomic E-state index is 0.0464. The van der Waals surface area contributed by atoms with Crippen LogP contribution in [0.3, 0.4) is 0 Å². The van der Waals surface area contributed by atoms with Gasteiger partial charge in [0.15, 0.2) is 0 Å². The largest absolute Gasteiger partial charge is 0.323 e. The minimum Gasteiger partial charge on any atom is -0.323 e. The van der Waals surface area contributed by atoms with Crippen molar-refractivity contribution in [3.63, 3.8) is 0 Å². The van der Waals surface area contributed by atoms with E-state index < -0.39 is 4.92 Å². The summed E-state index contributed by atoms with van der Waals surface area (Å²) in [4.78, 5) is 26.6. The highest BCUT2D eigenvalue weighted by Gasteiger charge is 2.16. The number of hydrogen-bond donors (Lipinski definition) is 1. The molecule has 2 aromatic carbocycles. The number of benzene rings is 2. The zero-order chi connectivity index (χ0) is 16.2. The SMILES string of the molecule is O=C(NC1=C(c2ccccc2)C=NC1)c1ccc([N+](=O)[O-])cc1. The van der Waals surface area contributed by atoms with Crippen LogP contribution >= 0.6 is 0 Å². The molecule has 3 rings (SSSR count). The highest BCUT2D eigenvalue weighted by atomic mass is 16.6. The molecule has 0 fully saturated rings. The van der Waals surface area contributed by atoms with E-state index in [1.807, 2.05) is 30.3 Å². The van der Waals surface area contributed by atoms with Crippen LogP contribution in [0.4, 0.5) is 5.69 Å². The van der Waals surface area contributed by atoms with E-state index in [1.54, 1.807) is 6.21 Å². The Balaban J connectivity index is 1.81. The highest BCUT2D eigenvalue weighted by molar-refractivity contribution is 6.14. The minimum atomic E-state index is -0.497. The van der Waals surface area contributed by atoms with Crippen LogP contribution in [0.2, 0.25) is 0 Å². The number of allylic oxidation sites excluding steroid dienone is 1. The molecular weight excluding hydrogens is 294 g/mol. The predicted molar refractivity (Wildman–Crippen MR) is 87.3 cm³/mol. The van der Waals surface area contributed by atoms with Gasteiger partial charge in [-0.2, -0.15) is 0 Å². The van der Waals surface area contributed by atoms with Gasteiger partial charge in [0.2, 0.25) is 0 Å². The summed E-state index contributed by atoms with van der Waals surface area (Å²) in [7, 11) is 0. The van der Waals surface area contributed by atoms with Crippen molar-refractivity contribution in [2.24, 2.45) is 4.99 Å². The topological polar surface area (TPSA) is 84.6 Å². The lowest BCUT2D eigenvalue weighted by Crippen LogP contribution is -2.24. The van der Waals surface area contributed by atoms with Gasteiger partial charge in [-0.05, 0) is 17.7 Å². The fraction of sp³-hybridized carbons (Fsp3) is 0.0588. The molecule has 6 heteroatoms. The lowest BCUT2D eigenvalue weighted by atomic mass is 10.1. The third kappa shape index (κ3) is 3.16. The predicted octanol–water partition coefficient (Wildman–Crippen LogP) is 2.82. The molecular formula is C17H13N3O3. The van der Waals surface area contributed by atoms with E-state index in [9.17, 15) is 14.9 Å². The fourth-order valence-electron chi connectivity index (χ4n) is 2.31. The van der Waals surface area contributed by atoms with Gasteiger partial charge in [0.25, 0.3) is 11.6 Å². The van der Waals surface area contributed by atoms with Gasteiger partial charge in [-0.25, -0.2) is 0 Å². The molecule has 0 bridgehead atoms. The molecule has 1 N–H and O–H groups in total. The van der Waals surface area contributed by atoms with Crippen molar-refractivity contribution in [3.8, 4) is 0 Å². The van der Waals surface area contributed by atoms with Crippen molar-refractivity contribution in [1.29, 1.82) is 0 Å². The highest BCUT2D eigenvalue weighted by Crippen LogP contribution is 2.20. The van der Waals surface area contributed by atoms with E-state index in [2.05, 4.69) is 10.3 Å². The van der Waals surface area contributed by atoms with E-state index in [0.717, 1.165) is 16.8 Å². The summed E-state index contributed by atoms with van der Waals surface area (Å²) in [6.07, 6.45) is 1.74. The maximum atomic E-state index is 12.3. The van der Waals surface area contributed by atoms with Crippen molar-refractivity contribution in [2.75, 3.05) is 6.54 Å². The Hall–Kier alpha value is -3.28.